The summed E-state index contributed by atoms with van der Waals surface area (Å²) in [6.45, 7) is 2.05. The molecule has 1 atom stereocenters. The van der Waals surface area contributed by atoms with Crippen LogP contribution in [0.25, 0.3) is 0 Å². The van der Waals surface area contributed by atoms with E-state index in [1.54, 1.807) is 0 Å². The average Bonchev–Trinajstić information content (AvgIpc) is 2.61. The lowest BCUT2D eigenvalue weighted by Gasteiger charge is -2.13. The van der Waals surface area contributed by atoms with Crippen molar-refractivity contribution in [3.05, 3.63) is 24.0 Å². The summed E-state index contributed by atoms with van der Waals surface area (Å²) in [7, 11) is 0. The molecular weight excluding hydrogens is 180 g/mol. The molecule has 0 bridgehead atoms. The van der Waals surface area contributed by atoms with Crippen LogP contribution in [-0.2, 0) is 0 Å². The summed E-state index contributed by atoms with van der Waals surface area (Å²) in [6.07, 6.45) is 3.11. The van der Waals surface area contributed by atoms with Gasteiger partial charge >= 0.3 is 0 Å². The van der Waals surface area contributed by atoms with E-state index >= 15 is 0 Å². The summed E-state index contributed by atoms with van der Waals surface area (Å²) in [4.78, 5) is 4.25. The molecule has 13 heavy (non-hydrogen) atoms. The molecule has 1 aromatic rings. The number of aromatic nitrogens is 1. The van der Waals surface area contributed by atoms with Crippen molar-refractivity contribution >= 4 is 17.4 Å². The lowest BCUT2D eigenvalue weighted by Crippen LogP contribution is -2.18. The Labute approximate surface area is 83.1 Å². The molecule has 0 aromatic carbocycles. The number of rotatable bonds is 2. The van der Waals surface area contributed by atoms with E-state index in [0.717, 1.165) is 5.69 Å². The minimum absolute atomic E-state index is 0.646. The molecule has 0 saturated carbocycles. The van der Waals surface area contributed by atoms with Gasteiger partial charge in [0, 0.05) is 18.0 Å². The van der Waals surface area contributed by atoms with E-state index in [-0.39, 0.29) is 0 Å². The summed E-state index contributed by atoms with van der Waals surface area (Å²) < 4.78 is 0. The fraction of sp³-hybridized carbons (Fsp3) is 0.500. The van der Waals surface area contributed by atoms with Crippen molar-refractivity contribution in [2.24, 2.45) is 0 Å². The quantitative estimate of drug-likeness (QED) is 0.782. The van der Waals surface area contributed by atoms with Crippen LogP contribution < -0.4 is 5.32 Å². The molecule has 1 aromatic heterocycles. The van der Waals surface area contributed by atoms with Gasteiger partial charge in [0.1, 0.15) is 0 Å². The zero-order chi connectivity index (χ0) is 9.10. The predicted molar refractivity (Wildman–Crippen MR) is 58.3 cm³/mol. The number of aryl methyl sites for hydroxylation is 1. The van der Waals surface area contributed by atoms with E-state index < -0.39 is 0 Å². The van der Waals surface area contributed by atoms with Crippen LogP contribution in [0.4, 0.5) is 5.69 Å². The van der Waals surface area contributed by atoms with Gasteiger partial charge in [-0.1, -0.05) is 0 Å². The number of thioether (sulfide) groups is 1. The highest BCUT2D eigenvalue weighted by molar-refractivity contribution is 7.99. The molecule has 0 unspecified atom stereocenters. The number of nitrogens with one attached hydrogen (secondary N) is 1. The average molecular weight is 194 g/mol. The molecule has 2 nitrogen and oxygen atoms in total. The number of nitrogens with zero attached hydrogens (tertiary/aromatic N) is 1. The minimum atomic E-state index is 0.646. The Hall–Kier alpha value is -0.700. The van der Waals surface area contributed by atoms with Gasteiger partial charge in [-0.2, -0.15) is 11.8 Å². The van der Waals surface area contributed by atoms with Gasteiger partial charge in [-0.3, -0.25) is 4.98 Å². The normalized spacial score (nSPS) is 21.8. The van der Waals surface area contributed by atoms with Crippen LogP contribution >= 0.6 is 11.8 Å². The van der Waals surface area contributed by atoms with Crippen LogP contribution in [0.1, 0.15) is 12.1 Å². The zero-order valence-electron chi connectivity index (χ0n) is 7.79. The smallest absolute Gasteiger partial charge is 0.0603 e. The first-order valence-electron chi connectivity index (χ1n) is 4.62. The van der Waals surface area contributed by atoms with Crippen molar-refractivity contribution in [1.29, 1.82) is 0 Å². The molecule has 1 aliphatic heterocycles. The van der Waals surface area contributed by atoms with Crippen molar-refractivity contribution < 1.29 is 0 Å². The van der Waals surface area contributed by atoms with Crippen LogP contribution in [0.2, 0.25) is 0 Å². The summed E-state index contributed by atoms with van der Waals surface area (Å²) in [5.41, 5.74) is 2.29. The Morgan fingerprint density at radius 1 is 1.62 bits per heavy atom. The Balaban J connectivity index is 2.04. The third-order valence-electron chi connectivity index (χ3n) is 2.30. The van der Waals surface area contributed by atoms with Gasteiger partial charge in [0.05, 0.1) is 11.4 Å². The fourth-order valence-corrected chi connectivity index (χ4v) is 2.66. The Bertz CT molecular complexity index is 282. The predicted octanol–water partition coefficient (Wildman–Crippen LogP) is 2.31. The Morgan fingerprint density at radius 2 is 2.54 bits per heavy atom. The third-order valence-corrected chi connectivity index (χ3v) is 3.46. The summed E-state index contributed by atoms with van der Waals surface area (Å²) >= 11 is 2.02. The highest BCUT2D eigenvalue weighted by Gasteiger charge is 2.15. The van der Waals surface area contributed by atoms with Crippen LogP contribution in [0, 0.1) is 6.92 Å². The second kappa shape index (κ2) is 4.01. The lowest BCUT2D eigenvalue weighted by atomic mass is 10.2. The molecule has 1 N–H and O–H groups in total. The van der Waals surface area contributed by atoms with E-state index in [1.807, 2.05) is 30.9 Å². The highest BCUT2D eigenvalue weighted by Crippen LogP contribution is 2.22. The summed E-state index contributed by atoms with van der Waals surface area (Å²) in [5, 5.41) is 3.53. The molecule has 3 heteroatoms. The molecule has 70 valence electrons. The molecule has 0 radical (unpaired) electrons. The minimum Gasteiger partial charge on any atom is -0.380 e. The van der Waals surface area contributed by atoms with Gasteiger partial charge in [0.25, 0.3) is 0 Å². The van der Waals surface area contributed by atoms with Gasteiger partial charge in [-0.25, -0.2) is 0 Å². The molecule has 0 spiro atoms. The number of hydrogen-bond acceptors (Lipinski definition) is 3. The van der Waals surface area contributed by atoms with Gasteiger partial charge in [0.15, 0.2) is 0 Å². The second-order valence-corrected chi connectivity index (χ2v) is 4.49. The molecule has 2 rings (SSSR count). The topological polar surface area (TPSA) is 24.9 Å². The molecule has 0 amide bonds. The molecular formula is C10H14N2S. The number of hydrogen-bond donors (Lipinski definition) is 1. The molecule has 1 fully saturated rings. The van der Waals surface area contributed by atoms with Crippen molar-refractivity contribution in [2.45, 2.75) is 19.4 Å². The fourth-order valence-electron chi connectivity index (χ4n) is 1.51. The Morgan fingerprint density at radius 3 is 3.23 bits per heavy atom. The monoisotopic (exact) mass is 194 g/mol. The maximum atomic E-state index is 4.25. The summed E-state index contributed by atoms with van der Waals surface area (Å²) in [5.74, 6) is 2.52. The Kier molecular flexibility index (Phi) is 2.74. The maximum absolute atomic E-state index is 4.25. The van der Waals surface area contributed by atoms with Gasteiger partial charge in [-0.05, 0) is 31.2 Å². The van der Waals surface area contributed by atoms with Crippen LogP contribution in [0.3, 0.4) is 0 Å². The lowest BCUT2D eigenvalue weighted by molar-refractivity contribution is 0.810. The third kappa shape index (κ3) is 2.15. The highest BCUT2D eigenvalue weighted by atomic mass is 32.2. The maximum Gasteiger partial charge on any atom is 0.0603 e. The van der Waals surface area contributed by atoms with Crippen LogP contribution in [0.5, 0.6) is 0 Å². The molecule has 1 saturated heterocycles. The van der Waals surface area contributed by atoms with Crippen molar-refractivity contribution in [3.63, 3.8) is 0 Å². The van der Waals surface area contributed by atoms with Gasteiger partial charge in [-0.15, -0.1) is 0 Å². The zero-order valence-corrected chi connectivity index (χ0v) is 8.60. The van der Waals surface area contributed by atoms with Crippen molar-refractivity contribution in [3.8, 4) is 0 Å². The van der Waals surface area contributed by atoms with E-state index in [1.165, 1.54) is 23.6 Å². The van der Waals surface area contributed by atoms with Gasteiger partial charge < -0.3 is 5.32 Å². The van der Waals surface area contributed by atoms with Crippen LogP contribution in [-0.4, -0.2) is 22.5 Å². The van der Waals surface area contributed by atoms with E-state index in [2.05, 4.69) is 16.4 Å². The first kappa shape index (κ1) is 8.88. The van der Waals surface area contributed by atoms with Crippen LogP contribution in [0.15, 0.2) is 18.3 Å². The number of anilines is 1. The standard InChI is InChI=1S/C10H14N2S/c1-8-10(3-2-5-11-8)12-9-4-6-13-7-9/h2-3,5,9,12H,4,6-7H2,1H3/t9-/m0/s1. The first-order valence-corrected chi connectivity index (χ1v) is 5.77. The second-order valence-electron chi connectivity index (χ2n) is 3.34. The SMILES string of the molecule is Cc1ncccc1N[C@H]1CCSC1. The van der Waals surface area contributed by atoms with Gasteiger partial charge in [0.2, 0.25) is 0 Å². The molecule has 2 heterocycles. The molecule has 1 aliphatic rings. The van der Waals surface area contributed by atoms with Crippen molar-refractivity contribution in [2.75, 3.05) is 16.8 Å². The number of pyridine rings is 1. The van der Waals surface area contributed by atoms with E-state index in [4.69, 9.17) is 0 Å². The van der Waals surface area contributed by atoms with Crippen molar-refractivity contribution in [1.82, 2.24) is 4.98 Å². The van der Waals surface area contributed by atoms with E-state index in [0.29, 0.717) is 6.04 Å². The summed E-state index contributed by atoms with van der Waals surface area (Å²) in [6, 6.07) is 4.73. The molecule has 0 aliphatic carbocycles. The first-order chi connectivity index (χ1) is 6.36. The van der Waals surface area contributed by atoms with E-state index in [9.17, 15) is 0 Å². The largest absolute Gasteiger partial charge is 0.380 e.